The van der Waals surface area contributed by atoms with Crippen LogP contribution in [0, 0.1) is 29.1 Å². The summed E-state index contributed by atoms with van der Waals surface area (Å²) in [5.74, 6) is 0.259. The predicted octanol–water partition coefficient (Wildman–Crippen LogP) is 2.66. The lowest BCUT2D eigenvalue weighted by atomic mass is 10.0. The monoisotopic (exact) mass is 1680 g/mol. The topological polar surface area (TPSA) is 547 Å². The van der Waals surface area contributed by atoms with E-state index in [9.17, 15) is 44.5 Å². The van der Waals surface area contributed by atoms with Crippen LogP contribution in [0.25, 0.3) is 44.7 Å². The fourth-order valence-electron chi connectivity index (χ4n) is 11.6. The van der Waals surface area contributed by atoms with Crippen molar-refractivity contribution in [2.75, 3.05) is 87.6 Å². The van der Waals surface area contributed by atoms with E-state index in [4.69, 9.17) is 113 Å². The van der Waals surface area contributed by atoms with Gasteiger partial charge in [-0.15, -0.1) is 0 Å². The standard InChI is InChI=1S/C36H45N11O10P2S2.C24H34N10O11P2S2/c1-5-26(46-19-41-27-30(39-18-40-31(27)46)43-33(48)23-10-7-6-8-11-23)55-24-15-52-58(50,60)53-17-25-22(4)29(57-59(61,54-16-24)51-13-9-12-37)35(56-25)47-20-42-28-32(47)44-36(45-34(28)49)38-14-21(2)3;1-11(2)3-26-24-31-21-16(22(37)32-24)30-10-34(21)23-18-17(36)13(44-23)7-42-46(38,48)40-5-12(6-41-47(39,49)45-18)43-14(4-35)33-9-29-15-19(25)27-8-28-20(15)33/h6-8,10-11,18-22,24-26,29,35H,5,9,13-17H2,1-4H3,(H,50,60)(H2,38,44,45,49)(H,39,40,43,48);8-14,17-18,23,35-36H,3-7H2,1-2H3,(H,38,48)(H,39,49)(H2,25,27,28)(H2,26,31,32,37)/p-3/t22?,24-,25+,26+,29-,35+,58?,59?;12-,13+,14+,17?,18-,23+,46?,47?/m00/s1. The van der Waals surface area contributed by atoms with E-state index >= 15 is 0 Å². The molecule has 6 unspecified atom stereocenters. The van der Waals surface area contributed by atoms with Crippen molar-refractivity contribution >= 4 is 148 Å². The highest BCUT2D eigenvalue weighted by Gasteiger charge is 2.50. The number of carbonyl (C=O) groups excluding carboxylic acids is 1. The normalized spacial score (nSPS) is 28.4. The molecule has 50 heteroatoms. The second-order valence-corrected chi connectivity index (χ2v) is 37.1. The van der Waals surface area contributed by atoms with Crippen LogP contribution in [-0.2, 0) is 107 Å². The van der Waals surface area contributed by atoms with Crippen molar-refractivity contribution in [1.82, 2.24) is 78.1 Å². The second kappa shape index (κ2) is 35.7. The van der Waals surface area contributed by atoms with Gasteiger partial charge in [-0.3, -0.25) is 42.6 Å². The van der Waals surface area contributed by atoms with E-state index in [2.05, 4.69) is 75.8 Å². The molecule has 0 spiro atoms. The molecule has 0 aliphatic carbocycles. The van der Waals surface area contributed by atoms with Crippen molar-refractivity contribution < 1.29 is 89.3 Å². The summed E-state index contributed by atoms with van der Waals surface area (Å²) in [7, 11) is 0. The summed E-state index contributed by atoms with van der Waals surface area (Å²) in [4.78, 5) is 127. The number of nitriles is 1. The predicted molar refractivity (Wildman–Crippen MR) is 399 cm³/mol. The zero-order chi connectivity index (χ0) is 78.4. The number of benzene rings is 1. The molecule has 110 heavy (non-hydrogen) atoms. The molecule has 0 radical (unpaired) electrons. The average molecular weight is 1680 g/mol. The number of aliphatic hydroxyl groups excluding tert-OH is 2. The molecule has 4 bridgehead atoms. The van der Waals surface area contributed by atoms with Gasteiger partial charge in [0.2, 0.25) is 11.9 Å². The Balaban J connectivity index is 0.000000210. The third kappa shape index (κ3) is 19.7. The number of aliphatic hydroxyl groups is 2. The molecule has 1 amide bonds. The van der Waals surface area contributed by atoms with E-state index in [0.29, 0.717) is 36.2 Å². The molecule has 42 nitrogen and oxygen atoms in total. The Kier molecular flexibility index (Phi) is 26.9. The molecule has 594 valence electrons. The molecule has 0 saturated carbocycles. The highest BCUT2D eigenvalue weighted by Crippen LogP contribution is 2.57. The van der Waals surface area contributed by atoms with Crippen molar-refractivity contribution in [3.63, 3.8) is 0 Å². The molecule has 13 rings (SSSR count). The lowest BCUT2D eigenvalue weighted by molar-refractivity contribution is -0.223. The summed E-state index contributed by atoms with van der Waals surface area (Å²) in [5, 5.41) is 39.7. The number of amides is 1. The van der Waals surface area contributed by atoms with Crippen LogP contribution in [0.4, 0.5) is 23.5 Å². The van der Waals surface area contributed by atoms with Crippen molar-refractivity contribution in [2.24, 2.45) is 17.8 Å². The molecule has 16 atom stereocenters. The Morgan fingerprint density at radius 2 is 1.18 bits per heavy atom. The van der Waals surface area contributed by atoms with Crippen LogP contribution in [0.3, 0.4) is 0 Å². The third-order valence-electron chi connectivity index (χ3n) is 17.1. The number of hydrogen-bond donors (Lipinski definition) is 8. The molecule has 4 saturated heterocycles. The number of aromatic nitrogens is 16. The van der Waals surface area contributed by atoms with Gasteiger partial charge in [0.25, 0.3) is 17.0 Å². The van der Waals surface area contributed by atoms with Gasteiger partial charge in [0.15, 0.2) is 69.5 Å². The molecule has 9 N–H and O–H groups in total. The highest BCUT2D eigenvalue weighted by atomic mass is 32.5. The first kappa shape index (κ1) is 82.7. The van der Waals surface area contributed by atoms with Crippen LogP contribution in [0.5, 0.6) is 0 Å². The number of nitrogens with two attached hydrogens (primary N) is 1. The molecule has 9 aromatic rings. The van der Waals surface area contributed by atoms with Gasteiger partial charge in [0.05, 0.1) is 96.8 Å². The molecule has 12 heterocycles. The minimum Gasteiger partial charge on any atom is -0.780 e. The van der Waals surface area contributed by atoms with Crippen LogP contribution in [-0.4, -0.2) is 203 Å². The Morgan fingerprint density at radius 3 is 1.76 bits per heavy atom. The van der Waals surface area contributed by atoms with Crippen LogP contribution in [0.2, 0.25) is 0 Å². The molecular weight excluding hydrogens is 1600 g/mol. The summed E-state index contributed by atoms with van der Waals surface area (Å²) < 4.78 is 83.2. The van der Waals surface area contributed by atoms with Crippen molar-refractivity contribution in [2.45, 2.75) is 122 Å². The Labute approximate surface area is 645 Å². The fraction of sp³-hybridized carbons (Fsp3) is 0.533. The second-order valence-electron chi connectivity index (χ2n) is 25.9. The first-order chi connectivity index (χ1) is 52.5. The maximum Gasteiger partial charge on any atom is 0.327 e. The van der Waals surface area contributed by atoms with Crippen molar-refractivity contribution in [3.05, 3.63) is 94.6 Å². The van der Waals surface area contributed by atoms with Gasteiger partial charge in [-0.05, 0) is 42.2 Å². The number of nitrogens with zero attached hydrogens (tertiary/aromatic N) is 15. The third-order valence-corrected chi connectivity index (χ3v) is 24.1. The van der Waals surface area contributed by atoms with E-state index in [-0.39, 0.29) is 108 Å². The number of carbonyl (C=O) groups is 1. The van der Waals surface area contributed by atoms with E-state index in [0.717, 1.165) is 0 Å². The van der Waals surface area contributed by atoms with Gasteiger partial charge < -0.3 is 106 Å². The number of H-pyrrole nitrogens is 2. The number of anilines is 4. The van der Waals surface area contributed by atoms with Crippen LogP contribution < -0.4 is 47.5 Å². The SMILES string of the molecule is CC(C)CNc1nc2c(ncn2[C@@H]2O[C@@H]3COP([O-])(=S)OC[C@H](O[C@H](CO)n4cnc5c(N)ncnc54)COP([O-])(=S)O[C@H]2C3O)c(=O)[nH]1.CC[C@@H](O[C@H]1COP([O-])(=S)OC[C@H]2O[C@@H](n3cnc4c(=O)[nH]c(NCC(C)C)nc43)[C@@H](OP(=S)(OCCC#N)OC1)C2C)n1cnc2c(NC(=O)c3ccccc3)ncnc21. The largest absolute Gasteiger partial charge is 0.780 e. The summed E-state index contributed by atoms with van der Waals surface area (Å²) in [6, 6.07) is 10.7. The number of ether oxygens (including phenoxy) is 4. The summed E-state index contributed by atoms with van der Waals surface area (Å²) in [6.45, 7) is -7.40. The number of fused-ring (bicyclic) bond motifs is 8. The van der Waals surface area contributed by atoms with Gasteiger partial charge in [0, 0.05) is 24.6 Å². The van der Waals surface area contributed by atoms with Crippen molar-refractivity contribution in [1.29, 1.82) is 5.26 Å². The number of rotatable bonds is 21. The smallest absolute Gasteiger partial charge is 0.327 e. The zero-order valence-corrected chi connectivity index (χ0v) is 66.1. The summed E-state index contributed by atoms with van der Waals surface area (Å²) >= 11 is 21.6. The lowest BCUT2D eigenvalue weighted by Gasteiger charge is -2.35. The van der Waals surface area contributed by atoms with E-state index < -0.39 is 138 Å². The average Bonchev–Trinajstić information content (AvgIpc) is 1.61. The summed E-state index contributed by atoms with van der Waals surface area (Å²) in [5.41, 5.74) is 6.66. The highest BCUT2D eigenvalue weighted by molar-refractivity contribution is 8.08. The minimum atomic E-state index is -4.48. The van der Waals surface area contributed by atoms with Crippen LogP contribution in [0.15, 0.2) is 77.9 Å². The lowest BCUT2D eigenvalue weighted by Crippen LogP contribution is -2.36. The van der Waals surface area contributed by atoms with Crippen molar-refractivity contribution in [3.8, 4) is 6.07 Å². The number of nitrogens with one attached hydrogen (secondary N) is 5. The van der Waals surface area contributed by atoms with Crippen LogP contribution >= 0.6 is 26.9 Å². The molecule has 1 aromatic carbocycles. The van der Waals surface area contributed by atoms with Gasteiger partial charge in [-0.1, -0.05) is 95.2 Å². The van der Waals surface area contributed by atoms with E-state index in [1.165, 1.54) is 47.1 Å². The first-order valence-electron chi connectivity index (χ1n) is 34.1. The minimum absolute atomic E-state index is 0.0177. The quantitative estimate of drug-likeness (QED) is 0.0378. The number of aromatic amines is 2. The maximum absolute atomic E-state index is 13.6. The molecule has 8 aromatic heterocycles. The molecule has 4 aliphatic heterocycles. The first-order valence-corrected chi connectivity index (χ1v) is 44.3. The van der Waals surface area contributed by atoms with Gasteiger partial charge in [0.1, 0.15) is 81.2 Å². The van der Waals surface area contributed by atoms with Gasteiger partial charge in [-0.25, -0.2) is 39.9 Å². The maximum atomic E-state index is 13.6. The molecule has 4 aliphatic rings. The number of nitrogen functional groups attached to an aromatic ring is 1. The van der Waals surface area contributed by atoms with Gasteiger partial charge >= 0.3 is 6.72 Å². The Bertz CT molecular complexity index is 5120. The van der Waals surface area contributed by atoms with Gasteiger partial charge in [-0.2, -0.15) is 15.2 Å². The zero-order valence-electron chi connectivity index (χ0n) is 59.3. The summed E-state index contributed by atoms with van der Waals surface area (Å²) in [6.07, 6.45) is -4.32. The van der Waals surface area contributed by atoms with E-state index in [1.807, 2.05) is 47.6 Å². The van der Waals surface area contributed by atoms with Crippen LogP contribution in [0.1, 0.15) is 89.7 Å². The molecular formula is C60H76N21O21P4S4-3. The van der Waals surface area contributed by atoms with E-state index in [1.54, 1.807) is 39.5 Å². The number of hydrogen-bond acceptors (Lipinski definition) is 39. The fourth-order valence-corrected chi connectivity index (χ4v) is 17.4. The molecule has 4 fully saturated rings. The Hall–Kier alpha value is -6.74. The number of imidazole rings is 4. The Morgan fingerprint density at radius 1 is 0.673 bits per heavy atom.